The molecule has 1 N–H and O–H groups in total. The highest BCUT2D eigenvalue weighted by atomic mass is 79.9. The lowest BCUT2D eigenvalue weighted by molar-refractivity contribution is -0.137. The first kappa shape index (κ1) is 29.7. The summed E-state index contributed by atoms with van der Waals surface area (Å²) in [7, 11) is 1.24. The normalized spacial score (nSPS) is 14.6. The molecule has 13 heteroatoms. The fourth-order valence-corrected chi connectivity index (χ4v) is 5.18. The third kappa shape index (κ3) is 7.26. The molecule has 1 aliphatic rings. The van der Waals surface area contributed by atoms with Gasteiger partial charge < -0.3 is 14.8 Å². The third-order valence-electron chi connectivity index (χ3n) is 5.54. The zero-order valence-electron chi connectivity index (χ0n) is 20.6. The lowest BCUT2D eigenvalue weighted by atomic mass is 10.1. The fraction of sp³-hybridized carbons (Fsp3) is 0.148. The van der Waals surface area contributed by atoms with Gasteiger partial charge in [-0.15, -0.1) is 0 Å². The largest absolute Gasteiger partial charge is 0.495 e. The Hall–Kier alpha value is -3.29. The zero-order chi connectivity index (χ0) is 29.0. The van der Waals surface area contributed by atoms with Gasteiger partial charge in [0, 0.05) is 4.47 Å². The standard InChI is InChI=1S/C27H19Br2F3N2O5S/c1-38-22-9-5-17(27(30,31)32)12-20(22)33-24(35)13-34-25(36)23(40-26(34)37)11-16-4-8-21(19(29)10-16)39-14-15-2-6-18(28)7-3-15/h2-12H,13-14H2,1H3,(H,33,35)/b23-11-. The Kier molecular flexibility index (Phi) is 9.26. The van der Waals surface area contributed by atoms with Crippen molar-refractivity contribution in [1.29, 1.82) is 0 Å². The van der Waals surface area contributed by atoms with E-state index in [0.717, 1.165) is 27.1 Å². The number of hydrogen-bond acceptors (Lipinski definition) is 6. The van der Waals surface area contributed by atoms with Crippen LogP contribution < -0.4 is 14.8 Å². The zero-order valence-corrected chi connectivity index (χ0v) is 24.5. The van der Waals surface area contributed by atoms with Gasteiger partial charge in [-0.05, 0) is 87.4 Å². The van der Waals surface area contributed by atoms with Crippen LogP contribution in [0.15, 0.2) is 74.5 Å². The third-order valence-corrected chi connectivity index (χ3v) is 7.59. The number of methoxy groups -OCH3 is 1. The van der Waals surface area contributed by atoms with E-state index in [1.807, 2.05) is 24.3 Å². The van der Waals surface area contributed by atoms with Crippen LogP contribution >= 0.6 is 43.6 Å². The molecule has 208 valence electrons. The van der Waals surface area contributed by atoms with Gasteiger partial charge >= 0.3 is 6.18 Å². The average Bonchev–Trinajstić information content (AvgIpc) is 3.15. The fourth-order valence-electron chi connectivity index (χ4n) is 3.57. The van der Waals surface area contributed by atoms with Gasteiger partial charge in [-0.3, -0.25) is 19.3 Å². The molecule has 0 bridgehead atoms. The molecule has 1 saturated heterocycles. The first-order valence-electron chi connectivity index (χ1n) is 11.4. The Labute approximate surface area is 248 Å². The summed E-state index contributed by atoms with van der Waals surface area (Å²) in [6.07, 6.45) is -3.14. The van der Waals surface area contributed by atoms with E-state index in [0.29, 0.717) is 40.2 Å². The lowest BCUT2D eigenvalue weighted by Crippen LogP contribution is -2.36. The summed E-state index contributed by atoms with van der Waals surface area (Å²) in [4.78, 5) is 38.7. The molecule has 3 amide bonds. The van der Waals surface area contributed by atoms with Crippen molar-refractivity contribution < 1.29 is 37.0 Å². The number of thioether (sulfide) groups is 1. The second-order valence-corrected chi connectivity index (χ2v) is 11.1. The summed E-state index contributed by atoms with van der Waals surface area (Å²) < 4.78 is 51.7. The number of amides is 3. The molecule has 1 aliphatic heterocycles. The monoisotopic (exact) mass is 698 g/mol. The van der Waals surface area contributed by atoms with Crippen LogP contribution in [0.2, 0.25) is 0 Å². The van der Waals surface area contributed by atoms with E-state index in [9.17, 15) is 27.6 Å². The molecule has 0 unspecified atom stereocenters. The average molecular weight is 700 g/mol. The molecule has 40 heavy (non-hydrogen) atoms. The van der Waals surface area contributed by atoms with Gasteiger partial charge in [0.05, 0.1) is 27.7 Å². The van der Waals surface area contributed by atoms with Crippen molar-refractivity contribution in [3.8, 4) is 11.5 Å². The number of imide groups is 1. The Bertz CT molecular complexity index is 1500. The smallest absolute Gasteiger partial charge is 0.416 e. The number of alkyl halides is 3. The number of nitrogens with one attached hydrogen (secondary N) is 1. The van der Waals surface area contributed by atoms with Gasteiger partial charge in [0.25, 0.3) is 11.1 Å². The molecule has 4 rings (SSSR count). The van der Waals surface area contributed by atoms with Gasteiger partial charge in [-0.1, -0.05) is 34.1 Å². The van der Waals surface area contributed by atoms with Crippen molar-refractivity contribution in [2.24, 2.45) is 0 Å². The van der Waals surface area contributed by atoms with Gasteiger partial charge in [-0.2, -0.15) is 13.2 Å². The predicted molar refractivity (Wildman–Crippen MR) is 152 cm³/mol. The number of hydrogen-bond donors (Lipinski definition) is 1. The second kappa shape index (κ2) is 12.5. The molecule has 0 atom stereocenters. The van der Waals surface area contributed by atoms with E-state index in [4.69, 9.17) is 9.47 Å². The Morgan fingerprint density at radius 3 is 2.38 bits per heavy atom. The molecule has 1 fully saturated rings. The number of carbonyl (C=O) groups excluding carboxylic acids is 3. The van der Waals surface area contributed by atoms with E-state index in [1.54, 1.807) is 18.2 Å². The predicted octanol–water partition coefficient (Wildman–Crippen LogP) is 7.49. The van der Waals surface area contributed by atoms with Gasteiger partial charge in [0.1, 0.15) is 24.7 Å². The summed E-state index contributed by atoms with van der Waals surface area (Å²) in [6.45, 7) is -0.341. The number of benzene rings is 3. The molecular weight excluding hydrogens is 681 g/mol. The summed E-state index contributed by atoms with van der Waals surface area (Å²) in [5, 5.41) is 1.60. The SMILES string of the molecule is COc1ccc(C(F)(F)F)cc1NC(=O)CN1C(=O)S/C(=C\c2ccc(OCc3ccc(Br)cc3)c(Br)c2)C1=O. The summed E-state index contributed by atoms with van der Waals surface area (Å²) in [6, 6.07) is 15.4. The number of carbonyl (C=O) groups is 3. The first-order valence-corrected chi connectivity index (χ1v) is 13.8. The van der Waals surface area contributed by atoms with Crippen molar-refractivity contribution >= 4 is 72.4 Å². The Morgan fingerprint density at radius 1 is 1.02 bits per heavy atom. The molecular formula is C27H19Br2F3N2O5S. The van der Waals surface area contributed by atoms with Crippen LogP contribution in [0.3, 0.4) is 0 Å². The Balaban J connectivity index is 1.42. The molecule has 0 aliphatic carbocycles. The maximum Gasteiger partial charge on any atom is 0.416 e. The number of ether oxygens (including phenoxy) is 2. The van der Waals surface area contributed by atoms with Crippen molar-refractivity contribution in [2.75, 3.05) is 19.0 Å². The summed E-state index contributed by atoms with van der Waals surface area (Å²) in [5.41, 5.74) is 0.348. The van der Waals surface area contributed by atoms with Crippen molar-refractivity contribution in [3.05, 3.63) is 91.2 Å². The van der Waals surface area contributed by atoms with Crippen LogP contribution in [0, 0.1) is 0 Å². The highest BCUT2D eigenvalue weighted by Gasteiger charge is 2.37. The van der Waals surface area contributed by atoms with Gasteiger partial charge in [0.15, 0.2) is 0 Å². The van der Waals surface area contributed by atoms with Crippen LogP contribution in [0.1, 0.15) is 16.7 Å². The summed E-state index contributed by atoms with van der Waals surface area (Å²) >= 11 is 7.49. The molecule has 0 radical (unpaired) electrons. The second-order valence-electron chi connectivity index (χ2n) is 8.33. The van der Waals surface area contributed by atoms with E-state index in [-0.39, 0.29) is 16.3 Å². The summed E-state index contributed by atoms with van der Waals surface area (Å²) in [5.74, 6) is -0.996. The van der Waals surface area contributed by atoms with E-state index in [2.05, 4.69) is 37.2 Å². The quantitative estimate of drug-likeness (QED) is 0.245. The molecule has 7 nitrogen and oxygen atoms in total. The highest BCUT2D eigenvalue weighted by molar-refractivity contribution is 9.10. The molecule has 0 aromatic heterocycles. The van der Waals surface area contributed by atoms with Gasteiger partial charge in [0.2, 0.25) is 5.91 Å². The number of anilines is 1. The van der Waals surface area contributed by atoms with Crippen LogP contribution in [-0.4, -0.2) is 35.6 Å². The highest BCUT2D eigenvalue weighted by Crippen LogP contribution is 2.36. The van der Waals surface area contributed by atoms with E-state index >= 15 is 0 Å². The topological polar surface area (TPSA) is 84.9 Å². The molecule has 0 saturated carbocycles. The molecule has 3 aromatic rings. The van der Waals surface area contributed by atoms with Crippen LogP contribution in [0.25, 0.3) is 6.08 Å². The minimum absolute atomic E-state index is 0.00905. The number of rotatable bonds is 8. The molecule has 1 heterocycles. The maximum absolute atomic E-state index is 13.1. The molecule has 0 spiro atoms. The van der Waals surface area contributed by atoms with Crippen molar-refractivity contribution in [1.82, 2.24) is 4.90 Å². The van der Waals surface area contributed by atoms with E-state index < -0.39 is 35.3 Å². The minimum atomic E-state index is -4.64. The van der Waals surface area contributed by atoms with Crippen LogP contribution in [0.5, 0.6) is 11.5 Å². The number of nitrogens with zero attached hydrogens (tertiary/aromatic N) is 1. The minimum Gasteiger partial charge on any atom is -0.495 e. The number of halogens is 5. The Morgan fingerprint density at radius 2 is 1.73 bits per heavy atom. The van der Waals surface area contributed by atoms with E-state index in [1.165, 1.54) is 13.2 Å². The van der Waals surface area contributed by atoms with Crippen molar-refractivity contribution in [2.45, 2.75) is 12.8 Å². The van der Waals surface area contributed by atoms with Gasteiger partial charge in [-0.25, -0.2) is 0 Å². The lowest BCUT2D eigenvalue weighted by Gasteiger charge is -2.16. The van der Waals surface area contributed by atoms with Crippen molar-refractivity contribution in [3.63, 3.8) is 0 Å². The molecule has 3 aromatic carbocycles. The van der Waals surface area contributed by atoms with Crippen LogP contribution in [-0.2, 0) is 22.4 Å². The maximum atomic E-state index is 13.1. The first-order chi connectivity index (χ1) is 18.9. The van der Waals surface area contributed by atoms with Crippen LogP contribution in [0.4, 0.5) is 23.7 Å².